The van der Waals surface area contributed by atoms with Gasteiger partial charge in [0.2, 0.25) is 5.91 Å². The quantitative estimate of drug-likeness (QED) is 0.756. The first-order valence-corrected chi connectivity index (χ1v) is 7.65. The Balaban J connectivity index is 1.56. The van der Waals surface area contributed by atoms with Crippen LogP contribution in [-0.4, -0.2) is 30.5 Å². The molecule has 104 valence electrons. The van der Waals surface area contributed by atoms with Crippen LogP contribution in [0.1, 0.15) is 45.4 Å². The summed E-state index contributed by atoms with van der Waals surface area (Å²) in [5.74, 6) is 1.19. The smallest absolute Gasteiger partial charge is 0.220 e. The fourth-order valence-corrected chi connectivity index (χ4v) is 3.38. The molecule has 2 fully saturated rings. The highest BCUT2D eigenvalue weighted by Crippen LogP contribution is 2.33. The van der Waals surface area contributed by atoms with Crippen molar-refractivity contribution in [3.8, 4) is 0 Å². The highest BCUT2D eigenvalue weighted by molar-refractivity contribution is 6.20. The van der Waals surface area contributed by atoms with E-state index in [4.69, 9.17) is 16.3 Å². The van der Waals surface area contributed by atoms with Crippen molar-refractivity contribution in [2.24, 2.45) is 11.8 Å². The molecule has 0 spiro atoms. The summed E-state index contributed by atoms with van der Waals surface area (Å²) < 4.78 is 5.50. The van der Waals surface area contributed by atoms with Crippen LogP contribution < -0.4 is 5.32 Å². The molecule has 0 aromatic heterocycles. The summed E-state index contributed by atoms with van der Waals surface area (Å²) in [4.78, 5) is 11.8. The van der Waals surface area contributed by atoms with Crippen molar-refractivity contribution in [1.82, 2.24) is 5.32 Å². The monoisotopic (exact) mass is 273 g/mol. The zero-order chi connectivity index (χ0) is 13.0. The molecule has 0 saturated heterocycles. The number of amides is 1. The average Bonchev–Trinajstić information content (AvgIpc) is 2.69. The molecule has 2 unspecified atom stereocenters. The number of carbonyl (C=O) groups excluding carboxylic acids is 1. The standard InChI is InChI=1S/C14H24ClNO2/c1-2-18-12-6-10(7-12)8-14(17)16-9-11-4-3-5-13(11)15/h10-13H,2-9H2,1H3,(H,16,17). The van der Waals surface area contributed by atoms with Gasteiger partial charge >= 0.3 is 0 Å². The van der Waals surface area contributed by atoms with Crippen molar-refractivity contribution in [3.05, 3.63) is 0 Å². The molecule has 18 heavy (non-hydrogen) atoms. The Labute approximate surface area is 115 Å². The second-order valence-electron chi connectivity index (χ2n) is 5.63. The SMILES string of the molecule is CCOC1CC(CC(=O)NCC2CCCC2Cl)C1. The molecule has 0 aromatic rings. The third-order valence-electron chi connectivity index (χ3n) is 4.20. The van der Waals surface area contributed by atoms with Crippen LogP contribution in [0, 0.1) is 11.8 Å². The number of rotatable bonds is 6. The van der Waals surface area contributed by atoms with Gasteiger partial charge in [-0.05, 0) is 44.4 Å². The van der Waals surface area contributed by atoms with Crippen molar-refractivity contribution in [2.45, 2.75) is 56.9 Å². The highest BCUT2D eigenvalue weighted by atomic mass is 35.5. The third kappa shape index (κ3) is 3.86. The Hall–Kier alpha value is -0.280. The summed E-state index contributed by atoms with van der Waals surface area (Å²) >= 11 is 6.19. The van der Waals surface area contributed by atoms with E-state index in [0.717, 1.165) is 38.8 Å². The third-order valence-corrected chi connectivity index (χ3v) is 4.77. The van der Waals surface area contributed by atoms with Gasteiger partial charge in [0.25, 0.3) is 0 Å². The Morgan fingerprint density at radius 2 is 2.17 bits per heavy atom. The van der Waals surface area contributed by atoms with Crippen molar-refractivity contribution in [1.29, 1.82) is 0 Å². The van der Waals surface area contributed by atoms with Gasteiger partial charge in [0.15, 0.2) is 0 Å². The zero-order valence-electron chi connectivity index (χ0n) is 11.2. The Morgan fingerprint density at radius 3 is 2.78 bits per heavy atom. The van der Waals surface area contributed by atoms with Crippen molar-refractivity contribution >= 4 is 17.5 Å². The first kappa shape index (κ1) is 14.1. The predicted octanol–water partition coefficient (Wildman–Crippen LogP) is 2.72. The summed E-state index contributed by atoms with van der Waals surface area (Å²) in [5.41, 5.74) is 0. The lowest BCUT2D eigenvalue weighted by Crippen LogP contribution is -2.37. The van der Waals surface area contributed by atoms with Gasteiger partial charge in [-0.25, -0.2) is 0 Å². The molecular weight excluding hydrogens is 250 g/mol. The van der Waals surface area contributed by atoms with Gasteiger partial charge in [-0.1, -0.05) is 6.42 Å². The average molecular weight is 274 g/mol. The number of hydrogen-bond donors (Lipinski definition) is 1. The second kappa shape index (κ2) is 6.76. The number of nitrogens with one attached hydrogen (secondary N) is 1. The van der Waals surface area contributed by atoms with E-state index in [1.54, 1.807) is 0 Å². The first-order chi connectivity index (χ1) is 8.69. The molecule has 1 amide bonds. The van der Waals surface area contributed by atoms with E-state index in [2.05, 4.69) is 5.32 Å². The van der Waals surface area contributed by atoms with Crippen LogP contribution in [0.3, 0.4) is 0 Å². The fraction of sp³-hybridized carbons (Fsp3) is 0.929. The number of carbonyl (C=O) groups is 1. The molecule has 2 atom stereocenters. The van der Waals surface area contributed by atoms with Gasteiger partial charge in [-0.15, -0.1) is 11.6 Å². The molecule has 2 aliphatic carbocycles. The van der Waals surface area contributed by atoms with E-state index in [0.29, 0.717) is 24.4 Å². The van der Waals surface area contributed by atoms with Crippen LogP contribution >= 0.6 is 11.6 Å². The maximum absolute atomic E-state index is 11.8. The molecule has 4 heteroatoms. The van der Waals surface area contributed by atoms with E-state index in [9.17, 15) is 4.79 Å². The molecule has 0 radical (unpaired) electrons. The van der Waals surface area contributed by atoms with Gasteiger partial charge in [0.1, 0.15) is 0 Å². The summed E-state index contributed by atoms with van der Waals surface area (Å²) in [6, 6.07) is 0. The fourth-order valence-electron chi connectivity index (χ4n) is 3.01. The number of ether oxygens (including phenoxy) is 1. The maximum atomic E-state index is 11.8. The largest absolute Gasteiger partial charge is 0.378 e. The molecule has 3 nitrogen and oxygen atoms in total. The molecule has 0 aliphatic heterocycles. The van der Waals surface area contributed by atoms with Crippen molar-refractivity contribution in [2.75, 3.05) is 13.2 Å². The van der Waals surface area contributed by atoms with E-state index in [1.165, 1.54) is 6.42 Å². The van der Waals surface area contributed by atoms with Gasteiger partial charge < -0.3 is 10.1 Å². The molecule has 0 heterocycles. The molecule has 2 saturated carbocycles. The molecular formula is C14H24ClNO2. The lowest BCUT2D eigenvalue weighted by Gasteiger charge is -2.34. The number of halogens is 1. The Kier molecular flexibility index (Phi) is 5.31. The van der Waals surface area contributed by atoms with Crippen LogP contribution in [0.25, 0.3) is 0 Å². The van der Waals surface area contributed by atoms with Crippen LogP contribution in [0.5, 0.6) is 0 Å². The summed E-state index contributed by atoms with van der Waals surface area (Å²) in [7, 11) is 0. The second-order valence-corrected chi connectivity index (χ2v) is 6.19. The predicted molar refractivity (Wildman–Crippen MR) is 72.7 cm³/mol. The van der Waals surface area contributed by atoms with Gasteiger partial charge in [0, 0.05) is 24.9 Å². The van der Waals surface area contributed by atoms with Crippen LogP contribution in [0.4, 0.5) is 0 Å². The lowest BCUT2D eigenvalue weighted by molar-refractivity contribution is -0.124. The van der Waals surface area contributed by atoms with Gasteiger partial charge in [0.05, 0.1) is 6.10 Å². The summed E-state index contributed by atoms with van der Waals surface area (Å²) in [6.45, 7) is 3.56. The summed E-state index contributed by atoms with van der Waals surface area (Å²) in [5, 5.41) is 3.30. The summed E-state index contributed by atoms with van der Waals surface area (Å²) in [6.07, 6.45) is 6.60. The lowest BCUT2D eigenvalue weighted by atomic mass is 9.80. The van der Waals surface area contributed by atoms with Crippen molar-refractivity contribution in [3.63, 3.8) is 0 Å². The number of alkyl halides is 1. The maximum Gasteiger partial charge on any atom is 0.220 e. The first-order valence-electron chi connectivity index (χ1n) is 7.21. The van der Waals surface area contributed by atoms with Gasteiger partial charge in [-0.3, -0.25) is 4.79 Å². The van der Waals surface area contributed by atoms with Crippen LogP contribution in [0.2, 0.25) is 0 Å². The topological polar surface area (TPSA) is 38.3 Å². The molecule has 0 bridgehead atoms. The molecule has 0 aromatic carbocycles. The van der Waals surface area contributed by atoms with Gasteiger partial charge in [-0.2, -0.15) is 0 Å². The normalized spacial score (nSPS) is 35.2. The van der Waals surface area contributed by atoms with Crippen LogP contribution in [0.15, 0.2) is 0 Å². The minimum Gasteiger partial charge on any atom is -0.378 e. The highest BCUT2D eigenvalue weighted by Gasteiger charge is 2.31. The Morgan fingerprint density at radius 1 is 1.39 bits per heavy atom. The van der Waals surface area contributed by atoms with Crippen LogP contribution in [-0.2, 0) is 9.53 Å². The van der Waals surface area contributed by atoms with E-state index >= 15 is 0 Å². The van der Waals surface area contributed by atoms with E-state index in [1.807, 2.05) is 6.92 Å². The minimum atomic E-state index is 0.186. The number of hydrogen-bond acceptors (Lipinski definition) is 2. The van der Waals surface area contributed by atoms with E-state index < -0.39 is 0 Å². The Bertz CT molecular complexity index is 279. The van der Waals surface area contributed by atoms with Crippen molar-refractivity contribution < 1.29 is 9.53 Å². The molecule has 1 N–H and O–H groups in total. The minimum absolute atomic E-state index is 0.186. The van der Waals surface area contributed by atoms with E-state index in [-0.39, 0.29) is 11.3 Å². The molecule has 2 aliphatic rings. The molecule has 2 rings (SSSR count). The zero-order valence-corrected chi connectivity index (χ0v) is 11.9.